The van der Waals surface area contributed by atoms with Crippen molar-refractivity contribution in [3.8, 4) is 0 Å². The summed E-state index contributed by atoms with van der Waals surface area (Å²) in [6.07, 6.45) is 0.974. The Hall–Kier alpha value is -1.88. The maximum absolute atomic E-state index is 12.9. The van der Waals surface area contributed by atoms with E-state index in [1.165, 1.54) is 0 Å². The van der Waals surface area contributed by atoms with E-state index in [4.69, 9.17) is 0 Å². The summed E-state index contributed by atoms with van der Waals surface area (Å²) >= 11 is 0. The third kappa shape index (κ3) is 4.55. The fourth-order valence-electron chi connectivity index (χ4n) is 2.64. The predicted octanol–water partition coefficient (Wildman–Crippen LogP) is 2.37. The first-order chi connectivity index (χ1) is 10.9. The summed E-state index contributed by atoms with van der Waals surface area (Å²) in [6.45, 7) is 9.02. The van der Waals surface area contributed by atoms with Crippen LogP contribution in [0, 0.1) is 12.8 Å². The van der Waals surface area contributed by atoms with Gasteiger partial charge in [-0.25, -0.2) is 0 Å². The van der Waals surface area contributed by atoms with E-state index in [0.717, 1.165) is 38.2 Å². The molecule has 2 amide bonds. The van der Waals surface area contributed by atoms with Crippen LogP contribution >= 0.6 is 0 Å². The van der Waals surface area contributed by atoms with Gasteiger partial charge in [0.05, 0.1) is 11.3 Å². The molecule has 2 rings (SSSR count). The fourth-order valence-corrected chi connectivity index (χ4v) is 2.64. The molecule has 0 saturated carbocycles. The topological polar surface area (TPSA) is 52.7 Å². The van der Waals surface area contributed by atoms with Crippen LogP contribution in [0.25, 0.3) is 0 Å². The highest BCUT2D eigenvalue weighted by Crippen LogP contribution is 2.21. The second-order valence-electron chi connectivity index (χ2n) is 6.64. The quantitative estimate of drug-likeness (QED) is 0.931. The number of anilines is 1. The van der Waals surface area contributed by atoms with E-state index < -0.39 is 0 Å². The van der Waals surface area contributed by atoms with Gasteiger partial charge in [0.25, 0.3) is 5.91 Å². The molecule has 0 radical (unpaired) electrons. The smallest absolute Gasteiger partial charge is 0.256 e. The van der Waals surface area contributed by atoms with Gasteiger partial charge in [-0.1, -0.05) is 25.5 Å². The minimum Gasteiger partial charge on any atom is -0.337 e. The highest BCUT2D eigenvalue weighted by Gasteiger charge is 2.22. The van der Waals surface area contributed by atoms with Crippen molar-refractivity contribution in [2.45, 2.75) is 27.2 Å². The summed E-state index contributed by atoms with van der Waals surface area (Å²) < 4.78 is 0. The zero-order chi connectivity index (χ0) is 17.0. The van der Waals surface area contributed by atoms with Crippen molar-refractivity contribution in [3.63, 3.8) is 0 Å². The number of hydrogen-bond acceptors (Lipinski definition) is 3. The molecule has 0 aliphatic carbocycles. The van der Waals surface area contributed by atoms with Gasteiger partial charge in [0, 0.05) is 25.6 Å². The molecule has 1 heterocycles. The molecule has 126 valence electrons. The molecule has 0 bridgehead atoms. The molecule has 1 saturated heterocycles. The number of carbonyl (C=O) groups is 2. The first kappa shape index (κ1) is 17.5. The molecule has 1 N–H and O–H groups in total. The monoisotopic (exact) mass is 317 g/mol. The van der Waals surface area contributed by atoms with Crippen LogP contribution in [0.4, 0.5) is 5.69 Å². The second kappa shape index (κ2) is 7.59. The Morgan fingerprint density at radius 1 is 1.13 bits per heavy atom. The van der Waals surface area contributed by atoms with Crippen molar-refractivity contribution >= 4 is 17.5 Å². The average molecular weight is 317 g/mol. The molecule has 0 spiro atoms. The van der Waals surface area contributed by atoms with Crippen LogP contribution in [-0.2, 0) is 4.79 Å². The first-order valence-electron chi connectivity index (χ1n) is 8.28. The first-order valence-corrected chi connectivity index (χ1v) is 8.28. The van der Waals surface area contributed by atoms with Crippen LogP contribution in [0.5, 0.6) is 0 Å². The lowest BCUT2D eigenvalue weighted by Crippen LogP contribution is -2.35. The van der Waals surface area contributed by atoms with E-state index in [9.17, 15) is 9.59 Å². The molecule has 1 aliphatic rings. The van der Waals surface area contributed by atoms with Gasteiger partial charge in [0.1, 0.15) is 0 Å². The maximum atomic E-state index is 12.9. The van der Waals surface area contributed by atoms with Gasteiger partial charge in [0.15, 0.2) is 0 Å². The third-order valence-corrected chi connectivity index (χ3v) is 4.19. The standard InChI is InChI=1S/C18H27N3O2/c1-13(2)17(22)19-16-7-6-14(3)12-15(16)18(23)21-9-5-8-20(4)10-11-21/h6-7,12-13H,5,8-11H2,1-4H3,(H,19,22). The van der Waals surface area contributed by atoms with Crippen molar-refractivity contribution in [3.05, 3.63) is 29.3 Å². The SMILES string of the molecule is Cc1ccc(NC(=O)C(C)C)c(C(=O)N2CCCN(C)CC2)c1. The van der Waals surface area contributed by atoms with Gasteiger partial charge in [-0.15, -0.1) is 0 Å². The predicted molar refractivity (Wildman–Crippen MR) is 92.7 cm³/mol. The van der Waals surface area contributed by atoms with Gasteiger partial charge in [-0.05, 0) is 39.1 Å². The van der Waals surface area contributed by atoms with Crippen molar-refractivity contribution in [2.75, 3.05) is 38.5 Å². The van der Waals surface area contributed by atoms with Crippen molar-refractivity contribution < 1.29 is 9.59 Å². The molecule has 5 heteroatoms. The summed E-state index contributed by atoms with van der Waals surface area (Å²) in [5.41, 5.74) is 2.21. The van der Waals surface area contributed by atoms with Crippen LogP contribution in [0.15, 0.2) is 18.2 Å². The van der Waals surface area contributed by atoms with Gasteiger partial charge in [-0.3, -0.25) is 9.59 Å². The molecule has 1 aromatic rings. The number of hydrogen-bond donors (Lipinski definition) is 1. The molecule has 1 fully saturated rings. The molecule has 5 nitrogen and oxygen atoms in total. The van der Waals surface area contributed by atoms with E-state index in [-0.39, 0.29) is 17.7 Å². The van der Waals surface area contributed by atoms with Crippen molar-refractivity contribution in [1.29, 1.82) is 0 Å². The van der Waals surface area contributed by atoms with E-state index in [2.05, 4.69) is 17.3 Å². The zero-order valence-electron chi connectivity index (χ0n) is 14.6. The molecule has 23 heavy (non-hydrogen) atoms. The van der Waals surface area contributed by atoms with Crippen LogP contribution in [-0.4, -0.2) is 54.8 Å². The van der Waals surface area contributed by atoms with Gasteiger partial charge >= 0.3 is 0 Å². The number of rotatable bonds is 3. The Morgan fingerprint density at radius 3 is 2.57 bits per heavy atom. The lowest BCUT2D eigenvalue weighted by molar-refractivity contribution is -0.118. The number of nitrogens with one attached hydrogen (secondary N) is 1. The molecular weight excluding hydrogens is 290 g/mol. The minimum absolute atomic E-state index is 0.00283. The highest BCUT2D eigenvalue weighted by atomic mass is 16.2. The normalized spacial score (nSPS) is 16.3. The van der Waals surface area contributed by atoms with Crippen molar-refractivity contribution in [2.24, 2.45) is 5.92 Å². The summed E-state index contributed by atoms with van der Waals surface area (Å²) in [4.78, 5) is 29.1. The fraction of sp³-hybridized carbons (Fsp3) is 0.556. The van der Waals surface area contributed by atoms with Crippen LogP contribution in [0.2, 0.25) is 0 Å². The largest absolute Gasteiger partial charge is 0.337 e. The highest BCUT2D eigenvalue weighted by molar-refractivity contribution is 6.04. The van der Waals surface area contributed by atoms with E-state index >= 15 is 0 Å². The third-order valence-electron chi connectivity index (χ3n) is 4.19. The Balaban J connectivity index is 2.24. The molecule has 0 atom stereocenters. The molecule has 0 aromatic heterocycles. The maximum Gasteiger partial charge on any atom is 0.256 e. The Labute approximate surface area is 138 Å². The van der Waals surface area contributed by atoms with Crippen LogP contribution in [0.3, 0.4) is 0 Å². The average Bonchev–Trinajstić information content (AvgIpc) is 2.72. The number of nitrogens with zero attached hydrogens (tertiary/aromatic N) is 2. The number of carbonyl (C=O) groups excluding carboxylic acids is 2. The van der Waals surface area contributed by atoms with E-state index in [0.29, 0.717) is 11.3 Å². The minimum atomic E-state index is -0.119. The summed E-state index contributed by atoms with van der Waals surface area (Å²) in [6, 6.07) is 5.61. The Bertz CT molecular complexity index is 584. The molecule has 1 aromatic carbocycles. The lowest BCUT2D eigenvalue weighted by atomic mass is 10.1. The van der Waals surface area contributed by atoms with Crippen LogP contribution in [0.1, 0.15) is 36.2 Å². The molecule has 1 aliphatic heterocycles. The number of benzene rings is 1. The second-order valence-corrected chi connectivity index (χ2v) is 6.64. The summed E-state index contributed by atoms with van der Waals surface area (Å²) in [5, 5.41) is 2.88. The Kier molecular flexibility index (Phi) is 5.77. The van der Waals surface area contributed by atoms with Gasteiger partial charge < -0.3 is 15.1 Å². The summed E-state index contributed by atoms with van der Waals surface area (Å²) in [7, 11) is 2.08. The number of amides is 2. The number of aryl methyl sites for hydroxylation is 1. The lowest BCUT2D eigenvalue weighted by Gasteiger charge is -2.22. The number of likely N-dealkylation sites (N-methyl/N-ethyl adjacent to an activating group) is 1. The van der Waals surface area contributed by atoms with Gasteiger partial charge in [-0.2, -0.15) is 0 Å². The van der Waals surface area contributed by atoms with Gasteiger partial charge in [0.2, 0.25) is 5.91 Å². The van der Waals surface area contributed by atoms with Crippen LogP contribution < -0.4 is 5.32 Å². The van der Waals surface area contributed by atoms with E-state index in [1.54, 1.807) is 0 Å². The van der Waals surface area contributed by atoms with E-state index in [1.807, 2.05) is 43.9 Å². The van der Waals surface area contributed by atoms with Crippen molar-refractivity contribution in [1.82, 2.24) is 9.80 Å². The molecule has 0 unspecified atom stereocenters. The molecular formula is C18H27N3O2. The zero-order valence-corrected chi connectivity index (χ0v) is 14.6. The summed E-state index contributed by atoms with van der Waals surface area (Å²) in [5.74, 6) is -0.187. The Morgan fingerprint density at radius 2 is 1.87 bits per heavy atom.